The zero-order valence-electron chi connectivity index (χ0n) is 15.8. The summed E-state index contributed by atoms with van der Waals surface area (Å²) in [5, 5.41) is 4.03. The summed E-state index contributed by atoms with van der Waals surface area (Å²) in [7, 11) is 1.42. The van der Waals surface area contributed by atoms with E-state index in [9.17, 15) is 4.79 Å². The molecule has 0 spiro atoms. The fraction of sp³-hybridized carbons (Fsp3) is 0.333. The first-order valence-corrected chi connectivity index (χ1v) is 9.66. The van der Waals surface area contributed by atoms with Crippen LogP contribution in [0.25, 0.3) is 0 Å². The van der Waals surface area contributed by atoms with Gasteiger partial charge in [-0.1, -0.05) is 30.7 Å². The number of fused-ring (bicyclic) bond motifs is 2. The first-order chi connectivity index (χ1) is 13.6. The minimum atomic E-state index is -0.257. The summed E-state index contributed by atoms with van der Waals surface area (Å²) in [5.74, 6) is 1.76. The number of carbonyl (C=O) groups excluding carboxylic acids is 1. The second-order valence-corrected chi connectivity index (χ2v) is 7.40. The second kappa shape index (κ2) is 7.81. The quantitative estimate of drug-likeness (QED) is 0.781. The number of nitrogens with zero attached hydrogens (tertiary/aromatic N) is 2. The van der Waals surface area contributed by atoms with Crippen LogP contribution < -0.4 is 10.1 Å². The van der Waals surface area contributed by atoms with E-state index >= 15 is 0 Å². The van der Waals surface area contributed by atoms with Gasteiger partial charge in [0.2, 0.25) is 0 Å². The molecule has 6 nitrogen and oxygen atoms in total. The van der Waals surface area contributed by atoms with Gasteiger partial charge in [-0.05, 0) is 30.3 Å². The molecule has 0 unspecified atom stereocenters. The first-order valence-electron chi connectivity index (χ1n) is 9.28. The molecule has 2 aromatic rings. The molecule has 2 aromatic carbocycles. The Bertz CT molecular complexity index is 931. The number of aliphatic imine (C=N–C) groups is 1. The molecule has 4 rings (SSSR count). The number of piperazine rings is 1. The van der Waals surface area contributed by atoms with Crippen molar-refractivity contribution in [3.8, 4) is 11.5 Å². The number of ether oxygens (including phenoxy) is 2. The highest BCUT2D eigenvalue weighted by Crippen LogP contribution is 2.39. The lowest BCUT2D eigenvalue weighted by Gasteiger charge is -2.37. The molecular weight excluding hydrogens is 378 g/mol. The molecule has 2 aliphatic heterocycles. The van der Waals surface area contributed by atoms with Crippen LogP contribution in [0.3, 0.4) is 0 Å². The number of para-hydroxylation sites is 1. The van der Waals surface area contributed by atoms with Crippen LogP contribution in [0, 0.1) is 5.92 Å². The molecule has 1 saturated heterocycles. The van der Waals surface area contributed by atoms with Gasteiger partial charge in [0.25, 0.3) is 0 Å². The van der Waals surface area contributed by atoms with Crippen LogP contribution in [0.4, 0.5) is 5.69 Å². The molecule has 0 aliphatic carbocycles. The third kappa shape index (κ3) is 3.57. The number of hydrogen-bond donors (Lipinski definition) is 1. The largest absolute Gasteiger partial charge is 0.469 e. The monoisotopic (exact) mass is 399 g/mol. The van der Waals surface area contributed by atoms with E-state index in [1.807, 2.05) is 37.3 Å². The molecule has 2 heterocycles. The van der Waals surface area contributed by atoms with E-state index in [2.05, 4.69) is 10.2 Å². The number of benzene rings is 2. The minimum absolute atomic E-state index is 0.0286. The van der Waals surface area contributed by atoms with Gasteiger partial charge in [0.05, 0.1) is 18.6 Å². The van der Waals surface area contributed by atoms with Crippen molar-refractivity contribution in [3.05, 3.63) is 53.1 Å². The van der Waals surface area contributed by atoms with E-state index in [1.54, 1.807) is 12.1 Å². The standard InChI is InChI=1S/C21H22ClN3O3/c1-13(21(26)27-2)17-12-25(10-9-23-17)20-15-5-3-4-6-18(15)28-19-8-7-14(22)11-16(19)24-20/h3-8,11,13,17,23H,9-10,12H2,1-2H3/t13-,17+/m1/s1. The fourth-order valence-corrected chi connectivity index (χ4v) is 3.76. The third-order valence-electron chi connectivity index (χ3n) is 5.18. The number of carbonyl (C=O) groups is 1. The van der Waals surface area contributed by atoms with Gasteiger partial charge in [0, 0.05) is 30.7 Å². The van der Waals surface area contributed by atoms with Crippen molar-refractivity contribution >= 4 is 29.1 Å². The van der Waals surface area contributed by atoms with Gasteiger partial charge < -0.3 is 19.7 Å². The molecule has 1 N–H and O–H groups in total. The van der Waals surface area contributed by atoms with Gasteiger partial charge in [0.1, 0.15) is 17.3 Å². The summed E-state index contributed by atoms with van der Waals surface area (Å²) >= 11 is 6.19. The van der Waals surface area contributed by atoms with Gasteiger partial charge in [0.15, 0.2) is 5.75 Å². The first kappa shape index (κ1) is 18.8. The van der Waals surface area contributed by atoms with E-state index in [4.69, 9.17) is 26.1 Å². The van der Waals surface area contributed by atoms with Crippen molar-refractivity contribution in [2.24, 2.45) is 10.9 Å². The van der Waals surface area contributed by atoms with Crippen LogP contribution >= 0.6 is 11.6 Å². The Kier molecular flexibility index (Phi) is 5.24. The summed E-state index contributed by atoms with van der Waals surface area (Å²) in [5.41, 5.74) is 1.61. The summed E-state index contributed by atoms with van der Waals surface area (Å²) in [6, 6.07) is 13.3. The number of halogens is 1. The van der Waals surface area contributed by atoms with Crippen LogP contribution in [0.15, 0.2) is 47.5 Å². The highest BCUT2D eigenvalue weighted by molar-refractivity contribution is 6.31. The molecule has 1 fully saturated rings. The second-order valence-electron chi connectivity index (χ2n) is 6.96. The topological polar surface area (TPSA) is 63.2 Å². The van der Waals surface area contributed by atoms with Crippen LogP contribution in [-0.4, -0.2) is 49.5 Å². The molecule has 7 heteroatoms. The molecular formula is C21H22ClN3O3. The number of nitrogens with one attached hydrogen (secondary N) is 1. The Labute approximate surface area is 169 Å². The van der Waals surface area contributed by atoms with Gasteiger partial charge >= 0.3 is 5.97 Å². The SMILES string of the molecule is COC(=O)[C@H](C)[C@@H]1CN(C2=Nc3cc(Cl)ccc3Oc3ccccc32)CCN1. The Balaban J connectivity index is 1.73. The zero-order chi connectivity index (χ0) is 19.7. The van der Waals surface area contributed by atoms with Crippen molar-refractivity contribution in [2.75, 3.05) is 26.7 Å². The summed E-state index contributed by atoms with van der Waals surface area (Å²) in [6.07, 6.45) is 0. The molecule has 146 valence electrons. The molecule has 0 radical (unpaired) electrons. The van der Waals surface area contributed by atoms with Crippen molar-refractivity contribution in [1.82, 2.24) is 10.2 Å². The number of rotatable bonds is 2. The molecule has 2 aliphatic rings. The van der Waals surface area contributed by atoms with E-state index in [0.29, 0.717) is 23.0 Å². The van der Waals surface area contributed by atoms with E-state index < -0.39 is 0 Å². The Morgan fingerprint density at radius 2 is 2.14 bits per heavy atom. The maximum atomic E-state index is 12.0. The van der Waals surface area contributed by atoms with Crippen molar-refractivity contribution in [3.63, 3.8) is 0 Å². The molecule has 0 amide bonds. The average Bonchev–Trinajstić information content (AvgIpc) is 2.89. The van der Waals surface area contributed by atoms with Gasteiger partial charge in [-0.3, -0.25) is 4.79 Å². The zero-order valence-corrected chi connectivity index (χ0v) is 16.6. The van der Waals surface area contributed by atoms with Crippen LogP contribution in [0.2, 0.25) is 5.02 Å². The number of esters is 1. The lowest BCUT2D eigenvalue weighted by molar-refractivity contribution is -0.146. The maximum absolute atomic E-state index is 12.0. The Hall–Kier alpha value is -2.57. The number of hydrogen-bond acceptors (Lipinski definition) is 6. The third-order valence-corrected chi connectivity index (χ3v) is 5.41. The normalized spacial score (nSPS) is 19.5. The number of methoxy groups -OCH3 is 1. The summed E-state index contributed by atoms with van der Waals surface area (Å²) in [4.78, 5) is 19.1. The van der Waals surface area contributed by atoms with Gasteiger partial charge in [-0.15, -0.1) is 0 Å². The Morgan fingerprint density at radius 3 is 2.96 bits per heavy atom. The minimum Gasteiger partial charge on any atom is -0.469 e. The molecule has 0 aromatic heterocycles. The van der Waals surface area contributed by atoms with Crippen LogP contribution in [-0.2, 0) is 9.53 Å². The van der Waals surface area contributed by atoms with Crippen molar-refractivity contribution in [2.45, 2.75) is 13.0 Å². The summed E-state index contributed by atoms with van der Waals surface area (Å²) in [6.45, 7) is 4.04. The van der Waals surface area contributed by atoms with E-state index in [1.165, 1.54) is 7.11 Å². The van der Waals surface area contributed by atoms with Crippen molar-refractivity contribution < 1.29 is 14.3 Å². The van der Waals surface area contributed by atoms with Gasteiger partial charge in [-0.2, -0.15) is 0 Å². The highest BCUT2D eigenvalue weighted by Gasteiger charge is 2.32. The predicted octanol–water partition coefficient (Wildman–Crippen LogP) is 3.61. The fourth-order valence-electron chi connectivity index (χ4n) is 3.59. The van der Waals surface area contributed by atoms with Crippen LogP contribution in [0.5, 0.6) is 11.5 Å². The smallest absolute Gasteiger partial charge is 0.310 e. The molecule has 2 atom stereocenters. The number of amidine groups is 1. The van der Waals surface area contributed by atoms with E-state index in [0.717, 1.165) is 30.2 Å². The Morgan fingerprint density at radius 1 is 1.32 bits per heavy atom. The van der Waals surface area contributed by atoms with Crippen molar-refractivity contribution in [1.29, 1.82) is 0 Å². The highest BCUT2D eigenvalue weighted by atomic mass is 35.5. The molecule has 0 bridgehead atoms. The van der Waals surface area contributed by atoms with Gasteiger partial charge in [-0.25, -0.2) is 4.99 Å². The lowest BCUT2D eigenvalue weighted by Crippen LogP contribution is -2.56. The predicted molar refractivity (Wildman–Crippen MR) is 109 cm³/mol. The molecule has 28 heavy (non-hydrogen) atoms. The van der Waals surface area contributed by atoms with Crippen LogP contribution in [0.1, 0.15) is 12.5 Å². The van der Waals surface area contributed by atoms with E-state index in [-0.39, 0.29) is 17.9 Å². The molecule has 0 saturated carbocycles. The average molecular weight is 400 g/mol. The maximum Gasteiger partial charge on any atom is 0.310 e. The summed E-state index contributed by atoms with van der Waals surface area (Å²) < 4.78 is 11.0. The lowest BCUT2D eigenvalue weighted by atomic mass is 9.99.